The van der Waals surface area contributed by atoms with Gasteiger partial charge in [0, 0.05) is 24.5 Å². The Balaban J connectivity index is 1.65. The summed E-state index contributed by atoms with van der Waals surface area (Å²) in [5.74, 6) is 1.97. The Hall–Kier alpha value is -2.73. The maximum Gasteiger partial charge on any atom is 0.249 e. The van der Waals surface area contributed by atoms with E-state index in [4.69, 9.17) is 9.15 Å². The third kappa shape index (κ3) is 3.97. The largest absolute Gasteiger partial charge is 0.494 e. The number of benzene rings is 1. The second-order valence-corrected chi connectivity index (χ2v) is 5.46. The molecule has 24 heavy (non-hydrogen) atoms. The maximum absolute atomic E-state index is 5.72. The van der Waals surface area contributed by atoms with Gasteiger partial charge in [0.05, 0.1) is 18.7 Å². The zero-order valence-electron chi connectivity index (χ0n) is 13.8. The molecule has 0 amide bonds. The van der Waals surface area contributed by atoms with Gasteiger partial charge in [-0.25, -0.2) is 0 Å². The molecule has 0 unspecified atom stereocenters. The van der Waals surface area contributed by atoms with E-state index < -0.39 is 0 Å². The van der Waals surface area contributed by atoms with E-state index in [1.807, 2.05) is 44.3 Å². The quantitative estimate of drug-likeness (QED) is 0.665. The summed E-state index contributed by atoms with van der Waals surface area (Å²) in [6, 6.07) is 11.8. The molecule has 124 valence electrons. The van der Waals surface area contributed by atoms with Crippen LogP contribution < -0.4 is 4.74 Å². The molecule has 1 aromatic carbocycles. The molecule has 0 saturated heterocycles. The Morgan fingerprint density at radius 3 is 2.75 bits per heavy atom. The molecular weight excluding hydrogens is 304 g/mol. The fourth-order valence-corrected chi connectivity index (χ4v) is 2.43. The van der Waals surface area contributed by atoms with Crippen molar-refractivity contribution < 1.29 is 9.15 Å². The number of ether oxygens (including phenoxy) is 1. The summed E-state index contributed by atoms with van der Waals surface area (Å²) < 4.78 is 11.4. The summed E-state index contributed by atoms with van der Waals surface area (Å²) in [4.78, 5) is 6.17. The normalized spacial score (nSPS) is 11.0. The van der Waals surface area contributed by atoms with Gasteiger partial charge in [-0.15, -0.1) is 10.2 Å². The van der Waals surface area contributed by atoms with Gasteiger partial charge in [0.1, 0.15) is 5.75 Å². The maximum atomic E-state index is 5.72. The molecule has 0 fully saturated rings. The number of hydrogen-bond acceptors (Lipinski definition) is 6. The molecule has 0 aliphatic heterocycles. The van der Waals surface area contributed by atoms with E-state index in [0.29, 0.717) is 24.9 Å². The number of para-hydroxylation sites is 1. The SMILES string of the molecule is CCOc1ccccc1CN(C)Cc1nnc(-c2cccnc2)o1. The summed E-state index contributed by atoms with van der Waals surface area (Å²) in [6.45, 7) is 3.94. The lowest BCUT2D eigenvalue weighted by Crippen LogP contribution is -2.18. The Morgan fingerprint density at radius 1 is 1.08 bits per heavy atom. The molecule has 0 N–H and O–H groups in total. The first-order chi connectivity index (χ1) is 11.8. The van der Waals surface area contributed by atoms with Crippen molar-refractivity contribution in [1.82, 2.24) is 20.1 Å². The van der Waals surface area contributed by atoms with Crippen molar-refractivity contribution in [3.05, 3.63) is 60.2 Å². The number of aromatic nitrogens is 3. The average Bonchev–Trinajstić information content (AvgIpc) is 3.06. The fourth-order valence-electron chi connectivity index (χ4n) is 2.43. The van der Waals surface area contributed by atoms with Gasteiger partial charge in [-0.2, -0.15) is 0 Å². The van der Waals surface area contributed by atoms with Gasteiger partial charge in [-0.1, -0.05) is 18.2 Å². The molecule has 0 spiro atoms. The van der Waals surface area contributed by atoms with E-state index >= 15 is 0 Å². The summed E-state index contributed by atoms with van der Waals surface area (Å²) in [7, 11) is 2.01. The third-order valence-corrected chi connectivity index (χ3v) is 3.49. The fraction of sp³-hybridized carbons (Fsp3) is 0.278. The van der Waals surface area contributed by atoms with Crippen LogP contribution in [0.15, 0.2) is 53.2 Å². The van der Waals surface area contributed by atoms with Gasteiger partial charge in [-0.3, -0.25) is 9.88 Å². The molecule has 2 heterocycles. The van der Waals surface area contributed by atoms with Gasteiger partial charge in [-0.05, 0) is 32.2 Å². The number of rotatable bonds is 7. The lowest BCUT2D eigenvalue weighted by atomic mass is 10.2. The van der Waals surface area contributed by atoms with E-state index in [1.54, 1.807) is 12.4 Å². The predicted octanol–water partition coefficient (Wildman–Crippen LogP) is 3.16. The highest BCUT2D eigenvalue weighted by atomic mass is 16.5. The van der Waals surface area contributed by atoms with E-state index in [1.165, 1.54) is 0 Å². The van der Waals surface area contributed by atoms with Crippen molar-refractivity contribution in [3.63, 3.8) is 0 Å². The molecular formula is C18H20N4O2. The van der Waals surface area contributed by atoms with Crippen LogP contribution in [0.5, 0.6) is 5.75 Å². The molecule has 0 aliphatic rings. The van der Waals surface area contributed by atoms with Gasteiger partial charge in [0.25, 0.3) is 0 Å². The van der Waals surface area contributed by atoms with Crippen LogP contribution in [0.25, 0.3) is 11.5 Å². The van der Waals surface area contributed by atoms with E-state index in [2.05, 4.69) is 26.1 Å². The van der Waals surface area contributed by atoms with Crippen molar-refractivity contribution in [1.29, 1.82) is 0 Å². The molecule has 0 aliphatic carbocycles. The zero-order valence-corrected chi connectivity index (χ0v) is 13.8. The Morgan fingerprint density at radius 2 is 1.96 bits per heavy atom. The second kappa shape index (κ2) is 7.70. The minimum Gasteiger partial charge on any atom is -0.494 e. The zero-order chi connectivity index (χ0) is 16.8. The van der Waals surface area contributed by atoms with Crippen molar-refractivity contribution >= 4 is 0 Å². The highest BCUT2D eigenvalue weighted by Gasteiger charge is 2.12. The molecule has 0 radical (unpaired) electrons. The molecule has 0 bridgehead atoms. The van der Waals surface area contributed by atoms with Crippen LogP contribution in [0.1, 0.15) is 18.4 Å². The molecule has 0 saturated carbocycles. The highest BCUT2D eigenvalue weighted by molar-refractivity contribution is 5.49. The second-order valence-electron chi connectivity index (χ2n) is 5.46. The van der Waals surface area contributed by atoms with Crippen molar-refractivity contribution in [3.8, 4) is 17.2 Å². The van der Waals surface area contributed by atoms with Crippen molar-refractivity contribution in [2.75, 3.05) is 13.7 Å². The minimum absolute atomic E-state index is 0.487. The average molecular weight is 324 g/mol. The molecule has 6 heteroatoms. The molecule has 2 aromatic heterocycles. The van der Waals surface area contributed by atoms with E-state index in [-0.39, 0.29) is 0 Å². The standard InChI is InChI=1S/C18H20N4O2/c1-3-23-16-9-5-4-7-15(16)12-22(2)13-17-20-21-18(24-17)14-8-6-10-19-11-14/h4-11H,3,12-13H2,1-2H3. The summed E-state index contributed by atoms with van der Waals surface area (Å²) in [5, 5.41) is 8.20. The van der Waals surface area contributed by atoms with E-state index in [9.17, 15) is 0 Å². The first kappa shape index (κ1) is 16.1. The van der Waals surface area contributed by atoms with Crippen LogP contribution in [0, 0.1) is 0 Å². The van der Waals surface area contributed by atoms with Gasteiger partial charge in [0.2, 0.25) is 11.8 Å². The molecule has 3 aromatic rings. The number of hydrogen-bond donors (Lipinski definition) is 0. The Kier molecular flexibility index (Phi) is 5.18. The summed E-state index contributed by atoms with van der Waals surface area (Å²) >= 11 is 0. The minimum atomic E-state index is 0.487. The van der Waals surface area contributed by atoms with Crippen molar-refractivity contribution in [2.24, 2.45) is 0 Å². The van der Waals surface area contributed by atoms with Crippen LogP contribution in [0.3, 0.4) is 0 Å². The van der Waals surface area contributed by atoms with Crippen LogP contribution in [0.4, 0.5) is 0 Å². The summed E-state index contributed by atoms with van der Waals surface area (Å²) in [6.07, 6.45) is 3.42. The Bertz CT molecular complexity index is 773. The number of pyridine rings is 1. The Labute approximate surface area is 141 Å². The third-order valence-electron chi connectivity index (χ3n) is 3.49. The van der Waals surface area contributed by atoms with E-state index in [0.717, 1.165) is 23.4 Å². The lowest BCUT2D eigenvalue weighted by molar-refractivity contribution is 0.272. The smallest absolute Gasteiger partial charge is 0.249 e. The van der Waals surface area contributed by atoms with Crippen LogP contribution >= 0.6 is 0 Å². The lowest BCUT2D eigenvalue weighted by Gasteiger charge is -2.17. The van der Waals surface area contributed by atoms with Crippen molar-refractivity contribution in [2.45, 2.75) is 20.0 Å². The monoisotopic (exact) mass is 324 g/mol. The van der Waals surface area contributed by atoms with Crippen LogP contribution in [0.2, 0.25) is 0 Å². The number of nitrogens with zero attached hydrogens (tertiary/aromatic N) is 4. The summed E-state index contributed by atoms with van der Waals surface area (Å²) in [5.41, 5.74) is 1.95. The molecule has 0 atom stereocenters. The van der Waals surface area contributed by atoms with Gasteiger partial charge in [0.15, 0.2) is 0 Å². The van der Waals surface area contributed by atoms with Crippen LogP contribution in [-0.4, -0.2) is 33.7 Å². The van der Waals surface area contributed by atoms with Crippen LogP contribution in [-0.2, 0) is 13.1 Å². The van der Waals surface area contributed by atoms with Gasteiger partial charge >= 0.3 is 0 Å². The van der Waals surface area contributed by atoms with Gasteiger partial charge < -0.3 is 9.15 Å². The molecule has 6 nitrogen and oxygen atoms in total. The first-order valence-electron chi connectivity index (χ1n) is 7.88. The highest BCUT2D eigenvalue weighted by Crippen LogP contribution is 2.21. The first-order valence-corrected chi connectivity index (χ1v) is 7.88. The predicted molar refractivity (Wildman–Crippen MR) is 90.3 cm³/mol. The topological polar surface area (TPSA) is 64.3 Å². The molecule has 3 rings (SSSR count).